The first kappa shape index (κ1) is 17.8. The summed E-state index contributed by atoms with van der Waals surface area (Å²) in [6.45, 7) is 3.61. The standard InChI is InChI=1S/C17H28N6O2/c1-22(2)16-19-14(12-18-15(24)13-6-10-25-11-7-13)20-17(21-16)23-8-4-3-5-9-23/h13H,3-12H2,1-2H3,(H,18,24). The molecule has 0 aliphatic carbocycles. The summed E-state index contributed by atoms with van der Waals surface area (Å²) in [6.07, 6.45) is 5.16. The van der Waals surface area contributed by atoms with Crippen LogP contribution in [0, 0.1) is 5.92 Å². The minimum Gasteiger partial charge on any atom is -0.381 e. The lowest BCUT2D eigenvalue weighted by Crippen LogP contribution is -2.35. The summed E-state index contributed by atoms with van der Waals surface area (Å²) in [5.74, 6) is 2.05. The molecule has 1 N–H and O–H groups in total. The molecule has 0 unspecified atom stereocenters. The quantitative estimate of drug-likeness (QED) is 0.849. The van der Waals surface area contributed by atoms with E-state index in [1.807, 2.05) is 19.0 Å². The Morgan fingerprint density at radius 3 is 2.56 bits per heavy atom. The first-order valence-corrected chi connectivity index (χ1v) is 9.16. The molecule has 0 bridgehead atoms. The molecule has 25 heavy (non-hydrogen) atoms. The van der Waals surface area contributed by atoms with Crippen molar-refractivity contribution in [3.8, 4) is 0 Å². The normalized spacial score (nSPS) is 18.9. The predicted octanol–water partition coefficient (Wildman–Crippen LogP) is 0.971. The molecule has 0 radical (unpaired) electrons. The molecule has 0 aromatic carbocycles. The van der Waals surface area contributed by atoms with E-state index in [1.54, 1.807) is 0 Å². The average Bonchev–Trinajstić information content (AvgIpc) is 2.67. The average molecular weight is 348 g/mol. The summed E-state index contributed by atoms with van der Waals surface area (Å²) in [5.41, 5.74) is 0. The number of carbonyl (C=O) groups excluding carboxylic acids is 1. The van der Waals surface area contributed by atoms with Gasteiger partial charge < -0.3 is 19.9 Å². The van der Waals surface area contributed by atoms with Gasteiger partial charge in [0.2, 0.25) is 17.8 Å². The number of nitrogens with one attached hydrogen (secondary N) is 1. The summed E-state index contributed by atoms with van der Waals surface area (Å²) in [7, 11) is 3.83. The van der Waals surface area contributed by atoms with Crippen LogP contribution in [0.2, 0.25) is 0 Å². The second-order valence-electron chi connectivity index (χ2n) is 6.90. The van der Waals surface area contributed by atoms with Gasteiger partial charge in [0.25, 0.3) is 0 Å². The number of nitrogens with zero attached hydrogens (tertiary/aromatic N) is 5. The summed E-state index contributed by atoms with van der Waals surface area (Å²) < 4.78 is 5.31. The van der Waals surface area contributed by atoms with Crippen LogP contribution in [0.5, 0.6) is 0 Å². The molecule has 3 rings (SSSR count). The Balaban J connectivity index is 1.68. The van der Waals surface area contributed by atoms with E-state index in [-0.39, 0.29) is 11.8 Å². The molecule has 2 fully saturated rings. The van der Waals surface area contributed by atoms with Gasteiger partial charge in [-0.25, -0.2) is 0 Å². The van der Waals surface area contributed by atoms with Gasteiger partial charge in [-0.2, -0.15) is 15.0 Å². The van der Waals surface area contributed by atoms with Crippen molar-refractivity contribution in [3.05, 3.63) is 5.82 Å². The van der Waals surface area contributed by atoms with Crippen LogP contribution in [0.25, 0.3) is 0 Å². The van der Waals surface area contributed by atoms with Crippen LogP contribution in [0.4, 0.5) is 11.9 Å². The third-order valence-corrected chi connectivity index (χ3v) is 4.71. The molecular weight excluding hydrogens is 320 g/mol. The van der Waals surface area contributed by atoms with E-state index in [2.05, 4.69) is 25.2 Å². The van der Waals surface area contributed by atoms with Crippen LogP contribution in [-0.4, -0.2) is 61.3 Å². The number of hydrogen-bond donors (Lipinski definition) is 1. The zero-order chi connectivity index (χ0) is 17.6. The van der Waals surface area contributed by atoms with Crippen LogP contribution >= 0.6 is 0 Å². The second kappa shape index (κ2) is 8.42. The van der Waals surface area contributed by atoms with E-state index in [0.29, 0.717) is 37.5 Å². The molecule has 1 aromatic rings. The highest BCUT2D eigenvalue weighted by atomic mass is 16.5. The lowest BCUT2D eigenvalue weighted by atomic mass is 9.99. The predicted molar refractivity (Wildman–Crippen MR) is 95.6 cm³/mol. The second-order valence-corrected chi connectivity index (χ2v) is 6.90. The van der Waals surface area contributed by atoms with Gasteiger partial charge in [0.05, 0.1) is 6.54 Å². The van der Waals surface area contributed by atoms with E-state index in [0.717, 1.165) is 25.9 Å². The number of piperidine rings is 1. The molecule has 1 aromatic heterocycles. The Kier molecular flexibility index (Phi) is 6.01. The van der Waals surface area contributed by atoms with Crippen molar-refractivity contribution in [3.63, 3.8) is 0 Å². The number of amides is 1. The fourth-order valence-electron chi connectivity index (χ4n) is 3.18. The summed E-state index contributed by atoms with van der Waals surface area (Å²) in [6, 6.07) is 0. The van der Waals surface area contributed by atoms with E-state index < -0.39 is 0 Å². The Hall–Kier alpha value is -1.96. The number of anilines is 2. The first-order chi connectivity index (χ1) is 12.1. The van der Waals surface area contributed by atoms with Crippen LogP contribution in [0.15, 0.2) is 0 Å². The zero-order valence-electron chi connectivity index (χ0n) is 15.2. The van der Waals surface area contributed by atoms with Gasteiger partial charge in [-0.3, -0.25) is 4.79 Å². The van der Waals surface area contributed by atoms with Gasteiger partial charge in [-0.15, -0.1) is 0 Å². The molecule has 0 spiro atoms. The van der Waals surface area contributed by atoms with Crippen LogP contribution in [0.3, 0.4) is 0 Å². The van der Waals surface area contributed by atoms with Crippen molar-refractivity contribution in [1.29, 1.82) is 0 Å². The largest absolute Gasteiger partial charge is 0.381 e. The molecule has 2 saturated heterocycles. The highest BCUT2D eigenvalue weighted by molar-refractivity contribution is 5.78. The molecule has 0 saturated carbocycles. The molecule has 2 aliphatic heterocycles. The smallest absolute Gasteiger partial charge is 0.230 e. The summed E-state index contributed by atoms with van der Waals surface area (Å²) >= 11 is 0. The fourth-order valence-corrected chi connectivity index (χ4v) is 3.18. The van der Waals surface area contributed by atoms with Gasteiger partial charge in [-0.1, -0.05) is 0 Å². The number of rotatable bonds is 5. The van der Waals surface area contributed by atoms with Crippen molar-refractivity contribution >= 4 is 17.8 Å². The monoisotopic (exact) mass is 348 g/mol. The Bertz CT molecular complexity index is 583. The molecule has 2 aliphatic rings. The van der Waals surface area contributed by atoms with E-state index in [4.69, 9.17) is 4.74 Å². The maximum Gasteiger partial charge on any atom is 0.230 e. The van der Waals surface area contributed by atoms with Crippen molar-refractivity contribution in [2.45, 2.75) is 38.6 Å². The molecule has 0 atom stereocenters. The van der Waals surface area contributed by atoms with Crippen LogP contribution in [-0.2, 0) is 16.1 Å². The minimum absolute atomic E-state index is 0.0328. The highest BCUT2D eigenvalue weighted by Gasteiger charge is 2.22. The molecule has 8 nitrogen and oxygen atoms in total. The molecule has 8 heteroatoms. The topological polar surface area (TPSA) is 83.5 Å². The van der Waals surface area contributed by atoms with E-state index >= 15 is 0 Å². The molecule has 1 amide bonds. The maximum atomic E-state index is 12.3. The van der Waals surface area contributed by atoms with Crippen molar-refractivity contribution < 1.29 is 9.53 Å². The first-order valence-electron chi connectivity index (χ1n) is 9.16. The SMILES string of the molecule is CN(C)c1nc(CNC(=O)C2CCOCC2)nc(N2CCCCC2)n1. The maximum absolute atomic E-state index is 12.3. The number of carbonyl (C=O) groups is 1. The minimum atomic E-state index is 0.0328. The number of ether oxygens (including phenoxy) is 1. The Labute approximate surface area is 149 Å². The van der Waals surface area contributed by atoms with Crippen molar-refractivity contribution in [1.82, 2.24) is 20.3 Å². The fraction of sp³-hybridized carbons (Fsp3) is 0.765. The van der Waals surface area contributed by atoms with Crippen molar-refractivity contribution in [2.24, 2.45) is 5.92 Å². The highest BCUT2D eigenvalue weighted by Crippen LogP contribution is 2.18. The van der Waals surface area contributed by atoms with E-state index in [1.165, 1.54) is 19.3 Å². The van der Waals surface area contributed by atoms with Gasteiger partial charge >= 0.3 is 0 Å². The molecule has 3 heterocycles. The number of aromatic nitrogens is 3. The number of hydrogen-bond acceptors (Lipinski definition) is 7. The van der Waals surface area contributed by atoms with Gasteiger partial charge in [0.15, 0.2) is 5.82 Å². The van der Waals surface area contributed by atoms with Crippen LogP contribution in [0.1, 0.15) is 37.9 Å². The zero-order valence-corrected chi connectivity index (χ0v) is 15.2. The summed E-state index contributed by atoms with van der Waals surface area (Å²) in [4.78, 5) is 30.1. The molecular formula is C17H28N6O2. The molecule has 138 valence electrons. The van der Waals surface area contributed by atoms with Gasteiger partial charge in [0.1, 0.15) is 0 Å². The third kappa shape index (κ3) is 4.78. The lowest BCUT2D eigenvalue weighted by Gasteiger charge is -2.27. The lowest BCUT2D eigenvalue weighted by molar-refractivity contribution is -0.128. The Morgan fingerprint density at radius 2 is 1.88 bits per heavy atom. The van der Waals surface area contributed by atoms with Crippen molar-refractivity contribution in [2.75, 3.05) is 50.2 Å². The third-order valence-electron chi connectivity index (χ3n) is 4.71. The summed E-state index contributed by atoms with van der Waals surface area (Å²) in [5, 5.41) is 2.98. The Morgan fingerprint density at radius 1 is 1.16 bits per heavy atom. The van der Waals surface area contributed by atoms with Gasteiger partial charge in [-0.05, 0) is 32.1 Å². The van der Waals surface area contributed by atoms with Gasteiger partial charge in [0, 0.05) is 46.3 Å². The van der Waals surface area contributed by atoms with Crippen LogP contribution < -0.4 is 15.1 Å². The van der Waals surface area contributed by atoms with E-state index in [9.17, 15) is 4.79 Å².